The van der Waals surface area contributed by atoms with Crippen molar-refractivity contribution >= 4 is 29.8 Å². The highest BCUT2D eigenvalue weighted by atomic mass is 16.6. The van der Waals surface area contributed by atoms with Crippen LogP contribution in [0.25, 0.3) is 0 Å². The fourth-order valence-corrected chi connectivity index (χ4v) is 2.63. The fourth-order valence-electron chi connectivity index (χ4n) is 2.63. The van der Waals surface area contributed by atoms with E-state index < -0.39 is 36.8 Å². The van der Waals surface area contributed by atoms with E-state index in [0.717, 1.165) is 10.5 Å². The number of carbonyl (C=O) groups excluding carboxylic acids is 4. The lowest BCUT2D eigenvalue weighted by Crippen LogP contribution is -2.48. The Morgan fingerprint density at radius 3 is 2.17 bits per heavy atom. The Hall–Kier alpha value is -4.21. The number of hydrazine groups is 1. The van der Waals surface area contributed by atoms with Gasteiger partial charge in [-0.25, -0.2) is 0 Å². The molecule has 154 valence electrons. The van der Waals surface area contributed by atoms with E-state index in [9.17, 15) is 19.2 Å². The minimum atomic E-state index is -0.736. The van der Waals surface area contributed by atoms with E-state index in [1.54, 1.807) is 43.5 Å². The van der Waals surface area contributed by atoms with Gasteiger partial charge < -0.3 is 9.57 Å². The Kier molecular flexibility index (Phi) is 6.38. The van der Waals surface area contributed by atoms with Crippen LogP contribution in [0.2, 0.25) is 0 Å². The van der Waals surface area contributed by atoms with Crippen LogP contribution in [-0.2, 0) is 14.4 Å². The summed E-state index contributed by atoms with van der Waals surface area (Å²) in [5.41, 5.74) is 5.45. The summed E-state index contributed by atoms with van der Waals surface area (Å²) in [6.07, 6.45) is 1.41. The molecule has 0 radical (unpaired) electrons. The number of hydrogen-bond donors (Lipinski definition) is 2. The number of hydrogen-bond acceptors (Lipinski definition) is 7. The molecular weight excluding hydrogens is 392 g/mol. The molecule has 0 aromatic heterocycles. The third kappa shape index (κ3) is 4.79. The quantitative estimate of drug-likeness (QED) is 0.389. The van der Waals surface area contributed by atoms with E-state index in [0.29, 0.717) is 5.75 Å². The predicted molar refractivity (Wildman–Crippen MR) is 105 cm³/mol. The number of imide groups is 1. The largest absolute Gasteiger partial charge is 0.497 e. The van der Waals surface area contributed by atoms with Crippen LogP contribution in [0.4, 0.5) is 0 Å². The standard InChI is InChI=1S/C20H18N4O6/c1-29-14-8-6-13(7-9-14)10-21-30-12-18(26)23-22-17(25)11-24-19(27)15-4-2-3-5-16(15)20(24)28/h2-10H,11-12H2,1H3,(H,22,25)(H,23,26). The molecule has 1 aliphatic rings. The maximum Gasteiger partial charge on any atom is 0.279 e. The molecule has 10 nitrogen and oxygen atoms in total. The SMILES string of the molecule is COc1ccc(C=NOCC(=O)NNC(=O)CN2C(=O)c3ccccc3C2=O)cc1. The van der Waals surface area contributed by atoms with Crippen LogP contribution < -0.4 is 15.6 Å². The molecule has 1 aliphatic heterocycles. The Labute approximate surface area is 171 Å². The van der Waals surface area contributed by atoms with Gasteiger partial charge in [0, 0.05) is 0 Å². The van der Waals surface area contributed by atoms with Crippen molar-refractivity contribution in [1.29, 1.82) is 0 Å². The number of nitrogens with one attached hydrogen (secondary N) is 2. The number of methoxy groups -OCH3 is 1. The summed E-state index contributed by atoms with van der Waals surface area (Å²) in [6.45, 7) is -0.969. The summed E-state index contributed by atoms with van der Waals surface area (Å²) in [6, 6.07) is 13.3. The van der Waals surface area contributed by atoms with Crippen molar-refractivity contribution in [3.63, 3.8) is 0 Å². The van der Waals surface area contributed by atoms with Crippen LogP contribution in [0.1, 0.15) is 26.3 Å². The molecule has 0 aliphatic carbocycles. The number of carbonyl (C=O) groups is 4. The summed E-state index contributed by atoms with van der Waals surface area (Å²) in [5, 5.41) is 3.65. The molecule has 1 heterocycles. The fraction of sp³-hybridized carbons (Fsp3) is 0.150. The number of oxime groups is 1. The van der Waals surface area contributed by atoms with Crippen LogP contribution in [0, 0.1) is 0 Å². The van der Waals surface area contributed by atoms with Crippen LogP contribution in [0.3, 0.4) is 0 Å². The minimum absolute atomic E-state index is 0.238. The first-order valence-electron chi connectivity index (χ1n) is 8.82. The van der Waals surface area contributed by atoms with Gasteiger partial charge in [0.1, 0.15) is 12.3 Å². The van der Waals surface area contributed by atoms with Gasteiger partial charge in [-0.15, -0.1) is 0 Å². The van der Waals surface area contributed by atoms with Crippen molar-refractivity contribution in [2.45, 2.75) is 0 Å². The molecule has 2 aromatic carbocycles. The van der Waals surface area contributed by atoms with E-state index in [-0.39, 0.29) is 11.1 Å². The molecule has 0 spiro atoms. The van der Waals surface area contributed by atoms with Gasteiger partial charge in [-0.2, -0.15) is 0 Å². The average Bonchev–Trinajstić information content (AvgIpc) is 3.01. The van der Waals surface area contributed by atoms with Gasteiger partial charge in [-0.1, -0.05) is 17.3 Å². The summed E-state index contributed by atoms with van der Waals surface area (Å²) < 4.78 is 5.04. The van der Waals surface area contributed by atoms with Gasteiger partial charge in [-0.3, -0.25) is 34.9 Å². The normalized spacial score (nSPS) is 12.6. The molecule has 10 heteroatoms. The first-order valence-corrected chi connectivity index (χ1v) is 8.82. The van der Waals surface area contributed by atoms with Crippen LogP contribution >= 0.6 is 0 Å². The number of ether oxygens (including phenoxy) is 1. The lowest BCUT2D eigenvalue weighted by Gasteiger charge is -2.13. The zero-order chi connectivity index (χ0) is 21.5. The summed E-state index contributed by atoms with van der Waals surface area (Å²) >= 11 is 0. The van der Waals surface area contributed by atoms with E-state index >= 15 is 0 Å². The second-order valence-electron chi connectivity index (χ2n) is 6.12. The van der Waals surface area contributed by atoms with Crippen molar-refractivity contribution in [3.8, 4) is 5.75 Å². The number of rotatable bonds is 7. The number of fused-ring (bicyclic) bond motifs is 1. The van der Waals surface area contributed by atoms with E-state index in [4.69, 9.17) is 9.57 Å². The maximum absolute atomic E-state index is 12.2. The Bertz CT molecular complexity index is 968. The van der Waals surface area contributed by atoms with Crippen LogP contribution in [0.5, 0.6) is 5.75 Å². The zero-order valence-corrected chi connectivity index (χ0v) is 16.0. The van der Waals surface area contributed by atoms with E-state index in [2.05, 4.69) is 16.0 Å². The van der Waals surface area contributed by atoms with Crippen LogP contribution in [0.15, 0.2) is 53.7 Å². The predicted octanol–water partition coefficient (Wildman–Crippen LogP) is 0.489. The van der Waals surface area contributed by atoms with Crippen molar-refractivity contribution in [2.75, 3.05) is 20.3 Å². The molecule has 0 bridgehead atoms. The first kappa shape index (κ1) is 20.5. The molecule has 4 amide bonds. The van der Waals surface area contributed by atoms with Crippen molar-refractivity contribution in [3.05, 3.63) is 65.2 Å². The highest BCUT2D eigenvalue weighted by Gasteiger charge is 2.36. The van der Waals surface area contributed by atoms with Crippen molar-refractivity contribution in [1.82, 2.24) is 15.8 Å². The molecule has 3 rings (SSSR count). The molecule has 0 unspecified atom stereocenters. The van der Waals surface area contributed by atoms with Crippen molar-refractivity contribution in [2.24, 2.45) is 5.16 Å². The van der Waals surface area contributed by atoms with E-state index in [1.807, 2.05) is 0 Å². The number of benzene rings is 2. The molecule has 0 fully saturated rings. The Morgan fingerprint density at radius 1 is 0.967 bits per heavy atom. The third-order valence-corrected chi connectivity index (χ3v) is 4.11. The average molecular weight is 410 g/mol. The lowest BCUT2D eigenvalue weighted by molar-refractivity contribution is -0.131. The second-order valence-corrected chi connectivity index (χ2v) is 6.12. The smallest absolute Gasteiger partial charge is 0.279 e. The topological polar surface area (TPSA) is 126 Å². The number of nitrogens with zero attached hydrogens (tertiary/aromatic N) is 2. The summed E-state index contributed by atoms with van der Waals surface area (Å²) in [5.74, 6) is -1.83. The minimum Gasteiger partial charge on any atom is -0.497 e. The lowest BCUT2D eigenvalue weighted by atomic mass is 10.1. The second kappa shape index (κ2) is 9.32. The van der Waals surface area contributed by atoms with E-state index in [1.165, 1.54) is 18.3 Å². The van der Waals surface area contributed by atoms with Crippen molar-refractivity contribution < 1.29 is 28.8 Å². The number of amides is 4. The molecular formula is C20H18N4O6. The Morgan fingerprint density at radius 2 is 1.57 bits per heavy atom. The van der Waals surface area contributed by atoms with Gasteiger partial charge in [-0.05, 0) is 42.0 Å². The Balaban J connectivity index is 1.39. The van der Waals surface area contributed by atoms with Crippen LogP contribution in [-0.4, -0.2) is 55.0 Å². The van der Waals surface area contributed by atoms with Gasteiger partial charge in [0.05, 0.1) is 24.5 Å². The molecule has 0 saturated carbocycles. The van der Waals surface area contributed by atoms with Gasteiger partial charge >= 0.3 is 0 Å². The summed E-state index contributed by atoms with van der Waals surface area (Å²) in [7, 11) is 1.56. The highest BCUT2D eigenvalue weighted by molar-refractivity contribution is 6.22. The molecule has 0 saturated heterocycles. The third-order valence-electron chi connectivity index (χ3n) is 4.11. The molecule has 30 heavy (non-hydrogen) atoms. The molecule has 0 atom stereocenters. The monoisotopic (exact) mass is 410 g/mol. The molecule has 2 N–H and O–H groups in total. The zero-order valence-electron chi connectivity index (χ0n) is 16.0. The summed E-state index contributed by atoms with van der Waals surface area (Å²) in [4.78, 5) is 53.7. The highest BCUT2D eigenvalue weighted by Crippen LogP contribution is 2.21. The first-order chi connectivity index (χ1) is 14.5. The van der Waals surface area contributed by atoms with Gasteiger partial charge in [0.2, 0.25) is 0 Å². The maximum atomic E-state index is 12.2. The van der Waals surface area contributed by atoms with Gasteiger partial charge in [0.15, 0.2) is 6.61 Å². The molecule has 2 aromatic rings. The van der Waals surface area contributed by atoms with Gasteiger partial charge in [0.25, 0.3) is 23.6 Å².